The van der Waals surface area contributed by atoms with Crippen LogP contribution in [0.5, 0.6) is 17.4 Å². The Balaban J connectivity index is 1.73. The first-order valence-electron chi connectivity index (χ1n) is 7.26. The first kappa shape index (κ1) is 13.9. The summed E-state index contributed by atoms with van der Waals surface area (Å²) in [7, 11) is 1.64. The number of aryl methyl sites for hydroxylation is 1. The summed E-state index contributed by atoms with van der Waals surface area (Å²) in [5.41, 5.74) is 2.13. The Labute approximate surface area is 125 Å². The largest absolute Gasteiger partial charge is 0.493 e. The number of hydrogen-bond donors (Lipinski definition) is 1. The maximum absolute atomic E-state index is 5.85. The number of nitrogens with one attached hydrogen (secondary N) is 1. The van der Waals surface area contributed by atoms with Crippen LogP contribution in [0.2, 0.25) is 0 Å². The Kier molecular flexibility index (Phi) is 4.06. The van der Waals surface area contributed by atoms with Crippen molar-refractivity contribution >= 4 is 0 Å². The summed E-state index contributed by atoms with van der Waals surface area (Å²) in [6.07, 6.45) is 2.55. The molecule has 0 saturated heterocycles. The summed E-state index contributed by atoms with van der Waals surface area (Å²) in [6.45, 7) is 2.81. The molecule has 21 heavy (non-hydrogen) atoms. The molecule has 0 atom stereocenters. The molecule has 0 spiro atoms. The zero-order valence-electron chi connectivity index (χ0n) is 12.4. The third-order valence-corrected chi connectivity index (χ3v) is 3.46. The Morgan fingerprint density at radius 1 is 1.19 bits per heavy atom. The van der Waals surface area contributed by atoms with E-state index in [1.165, 1.54) is 12.8 Å². The van der Waals surface area contributed by atoms with E-state index in [9.17, 15) is 0 Å². The van der Waals surface area contributed by atoms with Gasteiger partial charge in [-0.25, -0.2) is 4.98 Å². The van der Waals surface area contributed by atoms with E-state index in [1.807, 2.05) is 43.3 Å². The minimum Gasteiger partial charge on any atom is -0.493 e. The van der Waals surface area contributed by atoms with E-state index in [1.54, 1.807) is 7.11 Å². The van der Waals surface area contributed by atoms with Crippen molar-refractivity contribution in [2.45, 2.75) is 32.4 Å². The van der Waals surface area contributed by atoms with E-state index in [4.69, 9.17) is 9.47 Å². The number of aromatic nitrogens is 1. The topological polar surface area (TPSA) is 43.4 Å². The molecule has 0 unspecified atom stereocenters. The zero-order valence-corrected chi connectivity index (χ0v) is 12.4. The normalized spacial score (nSPS) is 14.0. The maximum Gasteiger partial charge on any atom is 0.219 e. The van der Waals surface area contributed by atoms with Gasteiger partial charge in [0.05, 0.1) is 12.8 Å². The maximum atomic E-state index is 5.85. The highest BCUT2D eigenvalue weighted by atomic mass is 16.5. The van der Waals surface area contributed by atoms with Crippen LogP contribution in [0.1, 0.15) is 24.1 Å². The van der Waals surface area contributed by atoms with Crippen LogP contribution >= 0.6 is 0 Å². The molecule has 1 aliphatic rings. The van der Waals surface area contributed by atoms with Gasteiger partial charge < -0.3 is 14.8 Å². The van der Waals surface area contributed by atoms with E-state index in [-0.39, 0.29) is 0 Å². The van der Waals surface area contributed by atoms with E-state index in [0.717, 1.165) is 23.6 Å². The van der Waals surface area contributed by atoms with E-state index in [2.05, 4.69) is 10.3 Å². The smallest absolute Gasteiger partial charge is 0.219 e. The SMILES string of the molecule is COc1cc(C)ccc1Oc1cccc(CNC2CC2)n1. The fourth-order valence-electron chi connectivity index (χ4n) is 2.12. The first-order valence-corrected chi connectivity index (χ1v) is 7.26. The van der Waals surface area contributed by atoms with E-state index < -0.39 is 0 Å². The van der Waals surface area contributed by atoms with Crippen LogP contribution in [0.4, 0.5) is 0 Å². The number of benzene rings is 1. The molecule has 1 saturated carbocycles. The van der Waals surface area contributed by atoms with Gasteiger partial charge in [0.15, 0.2) is 11.5 Å². The summed E-state index contributed by atoms with van der Waals surface area (Å²) in [5, 5.41) is 3.45. The molecule has 3 rings (SSSR count). The molecule has 0 aliphatic heterocycles. The van der Waals surface area contributed by atoms with Crippen molar-refractivity contribution in [3.63, 3.8) is 0 Å². The van der Waals surface area contributed by atoms with Gasteiger partial charge in [0.1, 0.15) is 0 Å². The summed E-state index contributed by atoms with van der Waals surface area (Å²) >= 11 is 0. The molecule has 1 N–H and O–H groups in total. The van der Waals surface area contributed by atoms with E-state index in [0.29, 0.717) is 17.7 Å². The number of rotatable bonds is 6. The van der Waals surface area contributed by atoms with Crippen LogP contribution in [0.15, 0.2) is 36.4 Å². The fraction of sp³-hybridized carbons (Fsp3) is 0.353. The number of hydrogen-bond acceptors (Lipinski definition) is 4. The Hall–Kier alpha value is -2.07. The van der Waals surface area contributed by atoms with Crippen LogP contribution < -0.4 is 14.8 Å². The molecule has 1 heterocycles. The van der Waals surface area contributed by atoms with E-state index >= 15 is 0 Å². The molecule has 1 aromatic heterocycles. The third kappa shape index (κ3) is 3.73. The number of ether oxygens (including phenoxy) is 2. The quantitative estimate of drug-likeness (QED) is 0.882. The number of methoxy groups -OCH3 is 1. The molecule has 2 aromatic rings. The number of pyridine rings is 1. The Morgan fingerprint density at radius 3 is 2.81 bits per heavy atom. The molecule has 0 radical (unpaired) electrons. The van der Waals surface area contributed by atoms with Crippen molar-refractivity contribution in [2.24, 2.45) is 0 Å². The van der Waals surface area contributed by atoms with Crippen molar-refractivity contribution < 1.29 is 9.47 Å². The summed E-state index contributed by atoms with van der Waals surface area (Å²) < 4.78 is 11.2. The highest BCUT2D eigenvalue weighted by Crippen LogP contribution is 2.31. The van der Waals surface area contributed by atoms with Crippen molar-refractivity contribution in [3.05, 3.63) is 47.7 Å². The zero-order chi connectivity index (χ0) is 14.7. The van der Waals surface area contributed by atoms with Crippen LogP contribution in [-0.4, -0.2) is 18.1 Å². The molecule has 4 nitrogen and oxygen atoms in total. The summed E-state index contributed by atoms with van der Waals surface area (Å²) in [5.74, 6) is 1.99. The second kappa shape index (κ2) is 6.14. The lowest BCUT2D eigenvalue weighted by Crippen LogP contribution is -2.16. The molecule has 0 amide bonds. The van der Waals surface area contributed by atoms with Gasteiger partial charge in [0.2, 0.25) is 5.88 Å². The average molecular weight is 284 g/mol. The standard InChI is InChI=1S/C17H20N2O2/c1-12-6-9-15(16(10-12)20-2)21-17-5-3-4-14(19-17)11-18-13-7-8-13/h3-6,9-10,13,18H,7-8,11H2,1-2H3. The number of nitrogens with zero attached hydrogens (tertiary/aromatic N) is 1. The molecule has 4 heteroatoms. The molecular weight excluding hydrogens is 264 g/mol. The molecule has 1 fully saturated rings. The Bertz CT molecular complexity index is 624. The molecule has 0 bridgehead atoms. The predicted octanol–water partition coefficient (Wildman–Crippen LogP) is 3.44. The van der Waals surface area contributed by atoms with Crippen molar-refractivity contribution in [3.8, 4) is 17.4 Å². The monoisotopic (exact) mass is 284 g/mol. The molecule has 1 aliphatic carbocycles. The van der Waals surface area contributed by atoms with Gasteiger partial charge in [0, 0.05) is 18.7 Å². The average Bonchev–Trinajstić information content (AvgIpc) is 3.32. The van der Waals surface area contributed by atoms with Gasteiger partial charge in [-0.15, -0.1) is 0 Å². The molecule has 1 aromatic carbocycles. The van der Waals surface area contributed by atoms with Crippen molar-refractivity contribution in [1.82, 2.24) is 10.3 Å². The lowest BCUT2D eigenvalue weighted by atomic mass is 10.2. The summed E-state index contributed by atoms with van der Waals surface area (Å²) in [4.78, 5) is 4.53. The van der Waals surface area contributed by atoms with Gasteiger partial charge in [-0.3, -0.25) is 0 Å². The van der Waals surface area contributed by atoms with Crippen LogP contribution in [0.25, 0.3) is 0 Å². The Morgan fingerprint density at radius 2 is 2.05 bits per heavy atom. The van der Waals surface area contributed by atoms with Gasteiger partial charge in [-0.05, 0) is 43.5 Å². The van der Waals surface area contributed by atoms with Crippen LogP contribution in [-0.2, 0) is 6.54 Å². The van der Waals surface area contributed by atoms with Crippen molar-refractivity contribution in [2.75, 3.05) is 7.11 Å². The van der Waals surface area contributed by atoms with Crippen LogP contribution in [0.3, 0.4) is 0 Å². The van der Waals surface area contributed by atoms with Gasteiger partial charge in [-0.1, -0.05) is 12.1 Å². The minimum atomic E-state index is 0.590. The summed E-state index contributed by atoms with van der Waals surface area (Å²) in [6, 6.07) is 12.4. The van der Waals surface area contributed by atoms with Gasteiger partial charge in [0.25, 0.3) is 0 Å². The van der Waals surface area contributed by atoms with Crippen LogP contribution in [0, 0.1) is 6.92 Å². The highest BCUT2D eigenvalue weighted by Gasteiger charge is 2.20. The lowest BCUT2D eigenvalue weighted by Gasteiger charge is -2.11. The lowest BCUT2D eigenvalue weighted by molar-refractivity contribution is 0.373. The second-order valence-electron chi connectivity index (χ2n) is 5.38. The second-order valence-corrected chi connectivity index (χ2v) is 5.38. The molecular formula is C17H20N2O2. The van der Waals surface area contributed by atoms with Gasteiger partial charge >= 0.3 is 0 Å². The van der Waals surface area contributed by atoms with Gasteiger partial charge in [-0.2, -0.15) is 0 Å². The predicted molar refractivity (Wildman–Crippen MR) is 81.9 cm³/mol. The first-order chi connectivity index (χ1) is 10.2. The highest BCUT2D eigenvalue weighted by molar-refractivity contribution is 5.44. The third-order valence-electron chi connectivity index (χ3n) is 3.46. The van der Waals surface area contributed by atoms with Crippen molar-refractivity contribution in [1.29, 1.82) is 0 Å². The fourth-order valence-corrected chi connectivity index (χ4v) is 2.12. The minimum absolute atomic E-state index is 0.590. The molecule has 110 valence electrons.